The van der Waals surface area contributed by atoms with Crippen LogP contribution in [0.3, 0.4) is 0 Å². The Morgan fingerprint density at radius 1 is 1.17 bits per heavy atom. The SMILES string of the molecule is Brc1cnc(I)c2ccccc12. The van der Waals surface area contributed by atoms with Crippen LogP contribution in [0, 0.1) is 3.70 Å². The zero-order valence-corrected chi connectivity index (χ0v) is 9.83. The molecular formula is C9H5BrIN. The van der Waals surface area contributed by atoms with E-state index in [1.807, 2.05) is 18.3 Å². The maximum atomic E-state index is 4.25. The Kier molecular flexibility index (Phi) is 2.32. The molecule has 60 valence electrons. The Labute approximate surface area is 92.5 Å². The van der Waals surface area contributed by atoms with E-state index in [1.54, 1.807) is 0 Å². The minimum atomic E-state index is 1.05. The molecule has 2 aromatic rings. The third-order valence-electron chi connectivity index (χ3n) is 1.70. The minimum Gasteiger partial charge on any atom is -0.248 e. The van der Waals surface area contributed by atoms with Gasteiger partial charge in [-0.2, -0.15) is 0 Å². The standard InChI is InChI=1S/C9H5BrIN/c10-8-5-12-9(11)7-4-2-1-3-6(7)8/h1-5H. The summed E-state index contributed by atoms with van der Waals surface area (Å²) in [4.78, 5) is 4.25. The molecule has 0 spiro atoms. The molecule has 1 aromatic carbocycles. The number of nitrogens with zero attached hydrogens (tertiary/aromatic N) is 1. The van der Waals surface area contributed by atoms with Gasteiger partial charge in [0.05, 0.1) is 0 Å². The summed E-state index contributed by atoms with van der Waals surface area (Å²) in [6, 6.07) is 8.22. The second-order valence-electron chi connectivity index (χ2n) is 2.44. The van der Waals surface area contributed by atoms with Gasteiger partial charge in [-0.25, -0.2) is 4.98 Å². The predicted octanol–water partition coefficient (Wildman–Crippen LogP) is 3.60. The Balaban J connectivity index is 2.95. The molecule has 0 fully saturated rings. The molecule has 0 saturated carbocycles. The summed E-state index contributed by atoms with van der Waals surface area (Å²) in [7, 11) is 0. The molecule has 0 aliphatic rings. The maximum absolute atomic E-state index is 4.25. The summed E-state index contributed by atoms with van der Waals surface area (Å²) in [5.41, 5.74) is 0. The van der Waals surface area contributed by atoms with E-state index >= 15 is 0 Å². The lowest BCUT2D eigenvalue weighted by molar-refractivity contribution is 1.30. The minimum absolute atomic E-state index is 1.05. The number of fused-ring (bicyclic) bond motifs is 1. The van der Waals surface area contributed by atoms with Crippen LogP contribution in [0.5, 0.6) is 0 Å². The van der Waals surface area contributed by atoms with Gasteiger partial charge in [-0.3, -0.25) is 0 Å². The van der Waals surface area contributed by atoms with Crippen LogP contribution in [0.2, 0.25) is 0 Å². The van der Waals surface area contributed by atoms with Gasteiger partial charge in [-0.1, -0.05) is 24.3 Å². The number of hydrogen-bond acceptors (Lipinski definition) is 1. The molecule has 0 amide bonds. The van der Waals surface area contributed by atoms with Gasteiger partial charge in [0.1, 0.15) is 3.70 Å². The van der Waals surface area contributed by atoms with E-state index in [2.05, 4.69) is 55.6 Å². The van der Waals surface area contributed by atoms with Crippen LogP contribution in [0.1, 0.15) is 0 Å². The quantitative estimate of drug-likeness (QED) is 0.530. The molecule has 1 heterocycles. The van der Waals surface area contributed by atoms with Crippen LogP contribution in [-0.4, -0.2) is 4.98 Å². The zero-order valence-electron chi connectivity index (χ0n) is 6.09. The lowest BCUT2D eigenvalue weighted by atomic mass is 10.2. The first-order valence-corrected chi connectivity index (χ1v) is 5.35. The lowest BCUT2D eigenvalue weighted by Crippen LogP contribution is -1.83. The fourth-order valence-corrected chi connectivity index (χ4v) is 2.18. The summed E-state index contributed by atoms with van der Waals surface area (Å²) in [6.45, 7) is 0. The lowest BCUT2D eigenvalue weighted by Gasteiger charge is -2.00. The number of aromatic nitrogens is 1. The third-order valence-corrected chi connectivity index (χ3v) is 3.19. The highest BCUT2D eigenvalue weighted by Crippen LogP contribution is 2.25. The van der Waals surface area contributed by atoms with Gasteiger partial charge in [-0.05, 0) is 38.5 Å². The highest BCUT2D eigenvalue weighted by atomic mass is 127. The largest absolute Gasteiger partial charge is 0.248 e. The Bertz CT molecular complexity index is 387. The molecule has 0 saturated heterocycles. The van der Waals surface area contributed by atoms with Crippen molar-refractivity contribution in [3.05, 3.63) is 38.6 Å². The van der Waals surface area contributed by atoms with Crippen LogP contribution in [-0.2, 0) is 0 Å². The molecule has 12 heavy (non-hydrogen) atoms. The average molecular weight is 334 g/mol. The van der Waals surface area contributed by atoms with Crippen molar-refractivity contribution in [2.24, 2.45) is 0 Å². The summed E-state index contributed by atoms with van der Waals surface area (Å²) in [5.74, 6) is 0. The third kappa shape index (κ3) is 1.35. The number of hydrogen-bond donors (Lipinski definition) is 0. The van der Waals surface area contributed by atoms with E-state index in [9.17, 15) is 0 Å². The smallest absolute Gasteiger partial charge is 0.109 e. The van der Waals surface area contributed by atoms with E-state index in [0.29, 0.717) is 0 Å². The number of pyridine rings is 1. The van der Waals surface area contributed by atoms with Crippen LogP contribution in [0.15, 0.2) is 34.9 Å². The van der Waals surface area contributed by atoms with Crippen molar-refractivity contribution < 1.29 is 0 Å². The molecule has 1 nitrogen and oxygen atoms in total. The summed E-state index contributed by atoms with van der Waals surface area (Å²) < 4.78 is 2.10. The van der Waals surface area contributed by atoms with Crippen molar-refractivity contribution in [2.45, 2.75) is 0 Å². The molecule has 0 unspecified atom stereocenters. The molecule has 0 aliphatic heterocycles. The normalized spacial score (nSPS) is 10.5. The number of benzene rings is 1. The Hall–Kier alpha value is -0.160. The van der Waals surface area contributed by atoms with Gasteiger partial charge in [-0.15, -0.1) is 0 Å². The van der Waals surface area contributed by atoms with Crippen LogP contribution in [0.4, 0.5) is 0 Å². The molecule has 2 rings (SSSR count). The van der Waals surface area contributed by atoms with Gasteiger partial charge in [0.2, 0.25) is 0 Å². The van der Waals surface area contributed by atoms with Crippen LogP contribution >= 0.6 is 38.5 Å². The maximum Gasteiger partial charge on any atom is 0.109 e. The van der Waals surface area contributed by atoms with E-state index in [0.717, 1.165) is 8.17 Å². The zero-order chi connectivity index (χ0) is 8.55. The van der Waals surface area contributed by atoms with E-state index in [-0.39, 0.29) is 0 Å². The highest BCUT2D eigenvalue weighted by molar-refractivity contribution is 14.1. The Morgan fingerprint density at radius 3 is 2.50 bits per heavy atom. The van der Waals surface area contributed by atoms with Crippen LogP contribution in [0.25, 0.3) is 10.8 Å². The predicted molar refractivity (Wildman–Crippen MR) is 62.2 cm³/mol. The van der Waals surface area contributed by atoms with Gasteiger partial charge in [0, 0.05) is 21.4 Å². The topological polar surface area (TPSA) is 12.9 Å². The first kappa shape index (κ1) is 8.44. The van der Waals surface area contributed by atoms with Crippen LogP contribution < -0.4 is 0 Å². The summed E-state index contributed by atoms with van der Waals surface area (Å²) in [6.07, 6.45) is 1.84. The number of rotatable bonds is 0. The fraction of sp³-hybridized carbons (Fsp3) is 0. The molecule has 0 radical (unpaired) electrons. The average Bonchev–Trinajstić information content (AvgIpc) is 2.12. The number of halogens is 2. The van der Waals surface area contributed by atoms with Crippen molar-refractivity contribution in [3.63, 3.8) is 0 Å². The van der Waals surface area contributed by atoms with Gasteiger partial charge < -0.3 is 0 Å². The summed E-state index contributed by atoms with van der Waals surface area (Å²) in [5, 5.41) is 2.42. The van der Waals surface area contributed by atoms with Crippen molar-refractivity contribution in [1.29, 1.82) is 0 Å². The summed E-state index contributed by atoms with van der Waals surface area (Å²) >= 11 is 5.71. The van der Waals surface area contributed by atoms with Crippen molar-refractivity contribution in [1.82, 2.24) is 4.98 Å². The first-order chi connectivity index (χ1) is 5.79. The second kappa shape index (κ2) is 3.30. The monoisotopic (exact) mass is 333 g/mol. The first-order valence-electron chi connectivity index (χ1n) is 3.48. The Morgan fingerprint density at radius 2 is 1.83 bits per heavy atom. The van der Waals surface area contributed by atoms with Gasteiger partial charge >= 0.3 is 0 Å². The molecule has 1 aromatic heterocycles. The molecule has 0 N–H and O–H groups in total. The van der Waals surface area contributed by atoms with Crippen molar-refractivity contribution in [3.8, 4) is 0 Å². The van der Waals surface area contributed by atoms with Crippen molar-refractivity contribution in [2.75, 3.05) is 0 Å². The highest BCUT2D eigenvalue weighted by Gasteiger charge is 2.01. The molecular weight excluding hydrogens is 329 g/mol. The van der Waals surface area contributed by atoms with Gasteiger partial charge in [0.15, 0.2) is 0 Å². The van der Waals surface area contributed by atoms with E-state index in [1.165, 1.54) is 10.8 Å². The molecule has 0 bridgehead atoms. The van der Waals surface area contributed by atoms with Crippen molar-refractivity contribution >= 4 is 49.3 Å². The molecule has 0 atom stereocenters. The molecule has 0 aliphatic carbocycles. The second-order valence-corrected chi connectivity index (χ2v) is 4.32. The van der Waals surface area contributed by atoms with E-state index in [4.69, 9.17) is 0 Å². The van der Waals surface area contributed by atoms with Gasteiger partial charge in [0.25, 0.3) is 0 Å². The molecule has 3 heteroatoms. The fourth-order valence-electron chi connectivity index (χ4n) is 1.12. The van der Waals surface area contributed by atoms with E-state index < -0.39 is 0 Å².